The van der Waals surface area contributed by atoms with Crippen molar-refractivity contribution in [2.45, 2.75) is 32.1 Å². The fraction of sp³-hybridized carbons (Fsp3) is 0.533. The average Bonchev–Trinajstić information content (AvgIpc) is 3.01. The van der Waals surface area contributed by atoms with E-state index >= 15 is 0 Å². The average molecular weight is 291 g/mol. The minimum Gasteiger partial charge on any atom is -0.258 e. The number of halogens is 1. The molecule has 2 aliphatic rings. The lowest BCUT2D eigenvalue weighted by Gasteiger charge is -2.31. The fourth-order valence-electron chi connectivity index (χ4n) is 4.05. The minimum absolute atomic E-state index is 0.0369. The van der Waals surface area contributed by atoms with Gasteiger partial charge >= 0.3 is 0 Å². The van der Waals surface area contributed by atoms with Gasteiger partial charge < -0.3 is 0 Å². The summed E-state index contributed by atoms with van der Waals surface area (Å²) in [5.41, 5.74) is 0.0988. The largest absolute Gasteiger partial charge is 0.274 e. The Morgan fingerprint density at radius 2 is 2.30 bits per heavy atom. The van der Waals surface area contributed by atoms with E-state index in [9.17, 15) is 15.4 Å². The highest BCUT2D eigenvalue weighted by molar-refractivity contribution is 6.31. The normalized spacial score (nSPS) is 31.2. The molecule has 0 amide bonds. The molecule has 3 rings (SSSR count). The number of nitro groups is 1. The maximum Gasteiger partial charge on any atom is 0.274 e. The maximum absolute atomic E-state index is 11.2. The maximum atomic E-state index is 11.2. The smallest absolute Gasteiger partial charge is 0.258 e. The second kappa shape index (κ2) is 4.75. The minimum atomic E-state index is -0.460. The number of nitrogens with zero attached hydrogens (tertiary/aromatic N) is 2. The Hall–Kier alpha value is -1.60. The molecule has 0 spiro atoms. The number of hydrogen-bond acceptors (Lipinski definition) is 3. The van der Waals surface area contributed by atoms with Gasteiger partial charge in [0.1, 0.15) is 0 Å². The first-order chi connectivity index (χ1) is 9.55. The Morgan fingerprint density at radius 3 is 2.85 bits per heavy atom. The third-order valence-electron chi connectivity index (χ3n) is 4.98. The Morgan fingerprint density at radius 1 is 1.50 bits per heavy atom. The molecular formula is C15H15ClN2O2. The van der Waals surface area contributed by atoms with Crippen molar-refractivity contribution in [1.82, 2.24) is 0 Å². The predicted octanol–water partition coefficient (Wildman–Crippen LogP) is 4.12. The summed E-state index contributed by atoms with van der Waals surface area (Å²) >= 11 is 6.16. The number of hydrogen-bond donors (Lipinski definition) is 0. The van der Waals surface area contributed by atoms with Gasteiger partial charge in [0.15, 0.2) is 0 Å². The van der Waals surface area contributed by atoms with Gasteiger partial charge in [0.2, 0.25) is 0 Å². The van der Waals surface area contributed by atoms with Gasteiger partial charge in [-0.25, -0.2) is 0 Å². The summed E-state index contributed by atoms with van der Waals surface area (Å²) in [5.74, 6) is 0.981. The van der Waals surface area contributed by atoms with Crippen LogP contribution in [0.15, 0.2) is 18.2 Å². The van der Waals surface area contributed by atoms with Crippen LogP contribution in [0.2, 0.25) is 5.02 Å². The van der Waals surface area contributed by atoms with E-state index in [0.717, 1.165) is 19.3 Å². The Labute approximate surface area is 122 Å². The zero-order chi connectivity index (χ0) is 14.3. The van der Waals surface area contributed by atoms with Crippen LogP contribution in [0.4, 0.5) is 5.69 Å². The molecule has 2 aliphatic carbocycles. The van der Waals surface area contributed by atoms with Gasteiger partial charge in [-0.1, -0.05) is 24.1 Å². The quantitative estimate of drug-likeness (QED) is 0.621. The topological polar surface area (TPSA) is 66.9 Å². The predicted molar refractivity (Wildman–Crippen MR) is 75.3 cm³/mol. The fourth-order valence-corrected chi connectivity index (χ4v) is 4.28. The molecule has 3 unspecified atom stereocenters. The van der Waals surface area contributed by atoms with Crippen LogP contribution in [0, 0.1) is 38.7 Å². The molecule has 2 fully saturated rings. The third-order valence-corrected chi connectivity index (χ3v) is 5.34. The van der Waals surface area contributed by atoms with Crippen molar-refractivity contribution in [2.75, 3.05) is 0 Å². The highest BCUT2D eigenvalue weighted by Crippen LogP contribution is 2.57. The Bertz CT molecular complexity index is 610. The molecule has 0 heterocycles. The van der Waals surface area contributed by atoms with Crippen LogP contribution in [0.25, 0.3) is 0 Å². The Balaban J connectivity index is 1.99. The molecule has 0 aliphatic heterocycles. The summed E-state index contributed by atoms with van der Waals surface area (Å²) in [6, 6.07) is 7.20. The van der Waals surface area contributed by atoms with Crippen molar-refractivity contribution >= 4 is 17.3 Å². The van der Waals surface area contributed by atoms with Crippen LogP contribution in [-0.4, -0.2) is 4.92 Å². The molecule has 20 heavy (non-hydrogen) atoms. The molecule has 0 saturated heterocycles. The lowest BCUT2D eigenvalue weighted by molar-refractivity contribution is -0.385. The van der Waals surface area contributed by atoms with E-state index in [2.05, 4.69) is 6.07 Å². The standard InChI is InChI=1S/C15H15ClN2O2/c16-13-2-1-3-14(18(19)20)12(13)8-15(9-17)7-10-4-5-11(15)6-10/h1-3,10-11H,4-8H2. The molecule has 1 aromatic rings. The second-order valence-corrected chi connectivity index (χ2v) is 6.43. The molecular weight excluding hydrogens is 276 g/mol. The molecule has 2 bridgehead atoms. The van der Waals surface area contributed by atoms with Crippen molar-refractivity contribution < 1.29 is 4.92 Å². The van der Waals surface area contributed by atoms with Crippen molar-refractivity contribution in [3.63, 3.8) is 0 Å². The zero-order valence-electron chi connectivity index (χ0n) is 11.0. The summed E-state index contributed by atoms with van der Waals surface area (Å²) < 4.78 is 0. The summed E-state index contributed by atoms with van der Waals surface area (Å²) in [5, 5.41) is 21.2. The van der Waals surface area contributed by atoms with E-state index in [4.69, 9.17) is 11.6 Å². The molecule has 104 valence electrons. The molecule has 0 N–H and O–H groups in total. The summed E-state index contributed by atoms with van der Waals surface area (Å²) in [7, 11) is 0. The van der Waals surface area contributed by atoms with Crippen LogP contribution in [0.3, 0.4) is 0 Å². The highest BCUT2D eigenvalue weighted by Gasteiger charge is 2.52. The summed E-state index contributed by atoms with van der Waals surface area (Å²) in [6.45, 7) is 0. The van der Waals surface area contributed by atoms with Crippen LogP contribution < -0.4 is 0 Å². The van der Waals surface area contributed by atoms with Crippen LogP contribution >= 0.6 is 11.6 Å². The molecule has 2 saturated carbocycles. The van der Waals surface area contributed by atoms with Crippen molar-refractivity contribution in [2.24, 2.45) is 17.3 Å². The first-order valence-electron chi connectivity index (χ1n) is 6.89. The summed E-state index contributed by atoms with van der Waals surface area (Å²) in [6.07, 6.45) is 4.61. The van der Waals surface area contributed by atoms with Gasteiger partial charge in [-0.15, -0.1) is 0 Å². The van der Waals surface area contributed by atoms with Gasteiger partial charge in [-0.05, 0) is 43.6 Å². The highest BCUT2D eigenvalue weighted by atomic mass is 35.5. The zero-order valence-corrected chi connectivity index (χ0v) is 11.8. The molecule has 3 atom stereocenters. The number of rotatable bonds is 3. The van der Waals surface area contributed by atoms with Gasteiger partial charge in [0.25, 0.3) is 5.69 Å². The van der Waals surface area contributed by atoms with Crippen molar-refractivity contribution in [1.29, 1.82) is 5.26 Å². The van der Waals surface area contributed by atoms with E-state index in [-0.39, 0.29) is 5.69 Å². The lowest BCUT2D eigenvalue weighted by atomic mass is 9.70. The van der Waals surface area contributed by atoms with Gasteiger partial charge in [-0.3, -0.25) is 10.1 Å². The van der Waals surface area contributed by atoms with Crippen LogP contribution in [-0.2, 0) is 6.42 Å². The molecule has 5 heteroatoms. The second-order valence-electron chi connectivity index (χ2n) is 6.02. The van der Waals surface area contributed by atoms with Crippen LogP contribution in [0.1, 0.15) is 31.2 Å². The van der Waals surface area contributed by atoms with E-state index in [1.54, 1.807) is 12.1 Å². The lowest BCUT2D eigenvalue weighted by Crippen LogP contribution is -2.29. The van der Waals surface area contributed by atoms with E-state index in [1.807, 2.05) is 0 Å². The molecule has 4 nitrogen and oxygen atoms in total. The summed E-state index contributed by atoms with van der Waals surface area (Å²) in [4.78, 5) is 10.8. The van der Waals surface area contributed by atoms with Gasteiger partial charge in [0.05, 0.1) is 21.4 Å². The van der Waals surface area contributed by atoms with E-state index in [1.165, 1.54) is 12.5 Å². The molecule has 0 radical (unpaired) electrons. The first kappa shape index (κ1) is 13.4. The SMILES string of the molecule is N#CC1(Cc2c(Cl)cccc2[N+](=O)[O-])CC2CCC1C2. The first-order valence-corrected chi connectivity index (χ1v) is 7.26. The third kappa shape index (κ3) is 1.97. The molecule has 0 aromatic heterocycles. The number of nitriles is 1. The number of fused-ring (bicyclic) bond motifs is 2. The van der Waals surface area contributed by atoms with Crippen LogP contribution in [0.5, 0.6) is 0 Å². The van der Waals surface area contributed by atoms with E-state index in [0.29, 0.717) is 28.8 Å². The van der Waals surface area contributed by atoms with Gasteiger partial charge in [0, 0.05) is 11.6 Å². The van der Waals surface area contributed by atoms with Gasteiger partial charge in [-0.2, -0.15) is 5.26 Å². The monoisotopic (exact) mass is 290 g/mol. The van der Waals surface area contributed by atoms with Crippen molar-refractivity contribution in [3.05, 3.63) is 38.9 Å². The van der Waals surface area contributed by atoms with E-state index < -0.39 is 10.3 Å². The molecule has 1 aromatic carbocycles. The number of nitro benzene ring substituents is 1. The Kier molecular flexibility index (Phi) is 3.18. The number of benzene rings is 1. The van der Waals surface area contributed by atoms with Crippen molar-refractivity contribution in [3.8, 4) is 6.07 Å².